The number of rotatable bonds is 6. The summed E-state index contributed by atoms with van der Waals surface area (Å²) >= 11 is 0. The predicted octanol–water partition coefficient (Wildman–Crippen LogP) is 2.76. The van der Waals surface area contributed by atoms with E-state index in [1.807, 2.05) is 30.3 Å². The summed E-state index contributed by atoms with van der Waals surface area (Å²) in [7, 11) is 1.39. The van der Waals surface area contributed by atoms with Crippen LogP contribution in [-0.4, -0.2) is 29.2 Å². The molecule has 124 valence electrons. The van der Waals surface area contributed by atoms with Gasteiger partial charge >= 0.3 is 5.97 Å². The Labute approximate surface area is 141 Å². The molecule has 5 nitrogen and oxygen atoms in total. The lowest BCUT2D eigenvalue weighted by atomic mass is 10.1. The lowest BCUT2D eigenvalue weighted by Gasteiger charge is -2.10. The fraction of sp³-hybridized carbons (Fsp3) is 0.263. The first kappa shape index (κ1) is 16.2. The van der Waals surface area contributed by atoms with Gasteiger partial charge in [-0.2, -0.15) is 0 Å². The number of aryl methyl sites for hydroxylation is 1. The van der Waals surface area contributed by atoms with Crippen LogP contribution >= 0.6 is 0 Å². The number of ether oxygens (including phenoxy) is 1. The Morgan fingerprint density at radius 1 is 1.17 bits per heavy atom. The Bertz CT molecular complexity index is 837. The molecule has 5 heteroatoms. The van der Waals surface area contributed by atoms with Crippen molar-refractivity contribution in [3.05, 3.63) is 65.5 Å². The van der Waals surface area contributed by atoms with Crippen LogP contribution in [0.5, 0.6) is 0 Å². The Morgan fingerprint density at radius 2 is 1.92 bits per heavy atom. The zero-order chi connectivity index (χ0) is 16.9. The highest BCUT2D eigenvalue weighted by Crippen LogP contribution is 2.19. The molecule has 1 aromatic heterocycles. The van der Waals surface area contributed by atoms with E-state index in [2.05, 4.69) is 10.6 Å². The molecule has 2 N–H and O–H groups in total. The Balaban J connectivity index is 1.92. The first-order chi connectivity index (χ1) is 11.7. The third-order valence-corrected chi connectivity index (χ3v) is 4.05. The second-order valence-corrected chi connectivity index (χ2v) is 5.68. The smallest absolute Gasteiger partial charge is 0.337 e. The van der Waals surface area contributed by atoms with Crippen LogP contribution in [0.3, 0.4) is 0 Å². The molecule has 2 aromatic carbocycles. The number of esters is 1. The number of nitrogens with two attached hydrogens (primary N) is 1. The zero-order valence-electron chi connectivity index (χ0n) is 13.7. The molecule has 0 aliphatic rings. The lowest BCUT2D eigenvalue weighted by Crippen LogP contribution is -2.08. The fourth-order valence-corrected chi connectivity index (χ4v) is 2.80. The average Bonchev–Trinajstić information content (AvgIpc) is 2.97. The maximum Gasteiger partial charge on any atom is 0.337 e. The summed E-state index contributed by atoms with van der Waals surface area (Å²) in [5.41, 5.74) is 9.43. The predicted molar refractivity (Wildman–Crippen MR) is 94.0 cm³/mol. The monoisotopic (exact) mass is 323 g/mol. The van der Waals surface area contributed by atoms with Crippen molar-refractivity contribution in [2.75, 3.05) is 13.7 Å². The summed E-state index contributed by atoms with van der Waals surface area (Å²) < 4.78 is 6.96. The van der Waals surface area contributed by atoms with Crippen molar-refractivity contribution in [1.82, 2.24) is 9.55 Å². The molecule has 0 bridgehead atoms. The highest BCUT2D eigenvalue weighted by atomic mass is 16.5. The van der Waals surface area contributed by atoms with Gasteiger partial charge < -0.3 is 15.0 Å². The molecule has 0 amide bonds. The van der Waals surface area contributed by atoms with Gasteiger partial charge in [0.1, 0.15) is 5.82 Å². The van der Waals surface area contributed by atoms with Gasteiger partial charge in [0.25, 0.3) is 0 Å². The topological polar surface area (TPSA) is 70.1 Å². The number of aromatic nitrogens is 2. The molecule has 0 saturated carbocycles. The quantitative estimate of drug-likeness (QED) is 0.708. The lowest BCUT2D eigenvalue weighted by molar-refractivity contribution is 0.0600. The number of imidazole rings is 1. The zero-order valence-corrected chi connectivity index (χ0v) is 13.7. The molecule has 0 saturated heterocycles. The Morgan fingerprint density at radius 3 is 2.62 bits per heavy atom. The Hall–Kier alpha value is -2.66. The number of methoxy groups -OCH3 is 1. The first-order valence-electron chi connectivity index (χ1n) is 8.04. The Kier molecular flexibility index (Phi) is 4.91. The van der Waals surface area contributed by atoms with Crippen LogP contribution in [0.15, 0.2) is 48.5 Å². The molecular formula is C19H21N3O2. The van der Waals surface area contributed by atoms with Crippen LogP contribution in [0.2, 0.25) is 0 Å². The molecule has 0 spiro atoms. The third-order valence-electron chi connectivity index (χ3n) is 4.05. The molecule has 24 heavy (non-hydrogen) atoms. The molecule has 1 heterocycles. The maximum atomic E-state index is 11.5. The average molecular weight is 323 g/mol. The van der Waals surface area contributed by atoms with E-state index in [0.717, 1.165) is 35.3 Å². The molecule has 0 atom stereocenters. The van der Waals surface area contributed by atoms with E-state index in [9.17, 15) is 4.79 Å². The van der Waals surface area contributed by atoms with Crippen LogP contribution in [-0.2, 0) is 17.7 Å². The number of carbonyl (C=O) groups is 1. The molecule has 0 aliphatic carbocycles. The van der Waals surface area contributed by atoms with Gasteiger partial charge in [0.05, 0.1) is 23.7 Å². The van der Waals surface area contributed by atoms with Crippen LogP contribution in [0, 0.1) is 0 Å². The van der Waals surface area contributed by atoms with E-state index < -0.39 is 0 Å². The number of hydrogen-bond acceptors (Lipinski definition) is 4. The van der Waals surface area contributed by atoms with Crippen molar-refractivity contribution >= 4 is 17.0 Å². The van der Waals surface area contributed by atoms with Gasteiger partial charge in [0, 0.05) is 13.0 Å². The van der Waals surface area contributed by atoms with Crippen molar-refractivity contribution in [3.8, 4) is 0 Å². The molecule has 3 aromatic rings. The van der Waals surface area contributed by atoms with Gasteiger partial charge in [-0.15, -0.1) is 0 Å². The van der Waals surface area contributed by atoms with Gasteiger partial charge in [-0.3, -0.25) is 0 Å². The summed E-state index contributed by atoms with van der Waals surface area (Å²) in [4.78, 5) is 16.3. The summed E-state index contributed by atoms with van der Waals surface area (Å²) in [6.45, 7) is 1.36. The summed E-state index contributed by atoms with van der Waals surface area (Å²) in [6, 6.07) is 15.6. The molecule has 3 rings (SSSR count). The van der Waals surface area contributed by atoms with E-state index >= 15 is 0 Å². The minimum atomic E-state index is -0.321. The van der Waals surface area contributed by atoms with Gasteiger partial charge in [-0.1, -0.05) is 24.3 Å². The largest absolute Gasteiger partial charge is 0.465 e. The van der Waals surface area contributed by atoms with Gasteiger partial charge in [0.2, 0.25) is 0 Å². The molecule has 0 unspecified atom stereocenters. The van der Waals surface area contributed by atoms with E-state index in [1.165, 1.54) is 7.11 Å². The number of hydrogen-bond donors (Lipinski definition) is 1. The number of para-hydroxylation sites is 2. The van der Waals surface area contributed by atoms with E-state index in [-0.39, 0.29) is 5.97 Å². The second kappa shape index (κ2) is 7.27. The van der Waals surface area contributed by atoms with Crippen LogP contribution in [0.1, 0.15) is 28.2 Å². The molecule has 0 fully saturated rings. The standard InChI is InChI=1S/C19H21N3O2/c1-24-19(23)15-10-8-14(9-11-15)13-22-17-6-3-2-5-16(17)21-18(22)7-4-12-20/h2-3,5-6,8-11H,4,7,12-13,20H2,1H3. The molecule has 0 aliphatic heterocycles. The molecule has 0 radical (unpaired) electrons. The first-order valence-corrected chi connectivity index (χ1v) is 8.04. The van der Waals surface area contributed by atoms with Crippen molar-refractivity contribution < 1.29 is 9.53 Å². The minimum Gasteiger partial charge on any atom is -0.465 e. The highest BCUT2D eigenvalue weighted by molar-refractivity contribution is 5.89. The number of fused-ring (bicyclic) bond motifs is 1. The third kappa shape index (κ3) is 3.31. The minimum absolute atomic E-state index is 0.321. The van der Waals surface area contributed by atoms with Crippen LogP contribution in [0.25, 0.3) is 11.0 Å². The van der Waals surface area contributed by atoms with E-state index in [4.69, 9.17) is 15.5 Å². The van der Waals surface area contributed by atoms with Crippen LogP contribution in [0.4, 0.5) is 0 Å². The normalized spacial score (nSPS) is 10.9. The maximum absolute atomic E-state index is 11.5. The number of benzene rings is 2. The number of nitrogens with zero attached hydrogens (tertiary/aromatic N) is 2. The van der Waals surface area contributed by atoms with Crippen molar-refractivity contribution in [2.24, 2.45) is 5.73 Å². The van der Waals surface area contributed by atoms with Gasteiger partial charge in [-0.25, -0.2) is 9.78 Å². The van der Waals surface area contributed by atoms with Crippen LogP contribution < -0.4 is 5.73 Å². The summed E-state index contributed by atoms with van der Waals surface area (Å²) in [6.07, 6.45) is 1.76. The summed E-state index contributed by atoms with van der Waals surface area (Å²) in [5, 5.41) is 0. The van der Waals surface area contributed by atoms with Crippen molar-refractivity contribution in [1.29, 1.82) is 0 Å². The molecular weight excluding hydrogens is 302 g/mol. The van der Waals surface area contributed by atoms with Crippen molar-refractivity contribution in [2.45, 2.75) is 19.4 Å². The van der Waals surface area contributed by atoms with Gasteiger partial charge in [-0.05, 0) is 42.8 Å². The van der Waals surface area contributed by atoms with Gasteiger partial charge in [0.15, 0.2) is 0 Å². The highest BCUT2D eigenvalue weighted by Gasteiger charge is 2.11. The summed E-state index contributed by atoms with van der Waals surface area (Å²) in [5.74, 6) is 0.719. The SMILES string of the molecule is COC(=O)c1ccc(Cn2c(CCCN)nc3ccccc32)cc1. The van der Waals surface area contributed by atoms with Crippen molar-refractivity contribution in [3.63, 3.8) is 0 Å². The second-order valence-electron chi connectivity index (χ2n) is 5.68. The van der Waals surface area contributed by atoms with E-state index in [0.29, 0.717) is 18.7 Å². The fourth-order valence-electron chi connectivity index (χ4n) is 2.80. The number of carbonyl (C=O) groups excluding carboxylic acids is 1. The van der Waals surface area contributed by atoms with E-state index in [1.54, 1.807) is 12.1 Å².